The quantitative estimate of drug-likeness (QED) is 0.869. The first-order valence-electron chi connectivity index (χ1n) is 4.28. The van der Waals surface area contributed by atoms with E-state index in [9.17, 15) is 0 Å². The van der Waals surface area contributed by atoms with Gasteiger partial charge >= 0.3 is 0 Å². The van der Waals surface area contributed by atoms with Gasteiger partial charge in [-0.2, -0.15) is 0 Å². The highest BCUT2D eigenvalue weighted by molar-refractivity contribution is 9.10. The van der Waals surface area contributed by atoms with Crippen molar-refractivity contribution in [1.82, 2.24) is 4.98 Å². The minimum absolute atomic E-state index is 0.871. The Kier molecular flexibility index (Phi) is 2.59. The number of methoxy groups -OCH3 is 1. The van der Waals surface area contributed by atoms with Gasteiger partial charge < -0.3 is 9.72 Å². The molecule has 1 aromatic heterocycles. The van der Waals surface area contributed by atoms with Gasteiger partial charge in [0.05, 0.1) is 7.11 Å². The molecular formula is C11H10BrNO. The molecule has 0 aliphatic carbocycles. The maximum absolute atomic E-state index is 5.28. The molecule has 3 heteroatoms. The minimum atomic E-state index is 0.871. The number of hydrogen-bond donors (Lipinski definition) is 1. The van der Waals surface area contributed by atoms with E-state index < -0.39 is 0 Å². The maximum atomic E-state index is 5.28. The van der Waals surface area contributed by atoms with Crippen molar-refractivity contribution in [3.8, 4) is 17.0 Å². The van der Waals surface area contributed by atoms with Gasteiger partial charge in [0.1, 0.15) is 5.75 Å². The summed E-state index contributed by atoms with van der Waals surface area (Å²) in [5, 5.41) is 0. The smallest absolute Gasteiger partial charge is 0.128 e. The van der Waals surface area contributed by atoms with Crippen LogP contribution in [0.25, 0.3) is 11.3 Å². The Morgan fingerprint density at radius 3 is 2.79 bits per heavy atom. The minimum Gasteiger partial charge on any atom is -0.496 e. The highest BCUT2D eigenvalue weighted by Gasteiger charge is 2.06. The van der Waals surface area contributed by atoms with Crippen molar-refractivity contribution in [2.45, 2.75) is 0 Å². The van der Waals surface area contributed by atoms with Crippen molar-refractivity contribution in [1.29, 1.82) is 0 Å². The molecular weight excluding hydrogens is 242 g/mol. The average Bonchev–Trinajstić information content (AvgIpc) is 2.70. The molecule has 0 fully saturated rings. The van der Waals surface area contributed by atoms with Crippen LogP contribution in [0.1, 0.15) is 0 Å². The van der Waals surface area contributed by atoms with Crippen molar-refractivity contribution in [2.24, 2.45) is 0 Å². The van der Waals surface area contributed by atoms with E-state index in [-0.39, 0.29) is 0 Å². The zero-order valence-corrected chi connectivity index (χ0v) is 9.34. The summed E-state index contributed by atoms with van der Waals surface area (Å²) in [6.45, 7) is 0. The van der Waals surface area contributed by atoms with Crippen LogP contribution >= 0.6 is 15.9 Å². The van der Waals surface area contributed by atoms with Gasteiger partial charge in [-0.05, 0) is 30.3 Å². The lowest BCUT2D eigenvalue weighted by Gasteiger charge is -2.06. The maximum Gasteiger partial charge on any atom is 0.128 e. The van der Waals surface area contributed by atoms with E-state index in [0.717, 1.165) is 21.5 Å². The summed E-state index contributed by atoms with van der Waals surface area (Å²) in [5.41, 5.74) is 2.12. The van der Waals surface area contributed by atoms with Crippen LogP contribution in [0.4, 0.5) is 0 Å². The topological polar surface area (TPSA) is 25.0 Å². The molecule has 72 valence electrons. The normalized spacial score (nSPS) is 10.1. The highest BCUT2D eigenvalue weighted by atomic mass is 79.9. The fourth-order valence-electron chi connectivity index (χ4n) is 1.39. The molecule has 0 saturated heterocycles. The van der Waals surface area contributed by atoms with Crippen molar-refractivity contribution in [3.63, 3.8) is 0 Å². The number of aromatic amines is 1. The molecule has 14 heavy (non-hydrogen) atoms. The highest BCUT2D eigenvalue weighted by Crippen LogP contribution is 2.31. The van der Waals surface area contributed by atoms with Crippen LogP contribution in [0.5, 0.6) is 5.75 Å². The van der Waals surface area contributed by atoms with Gasteiger partial charge in [-0.3, -0.25) is 0 Å². The number of aromatic nitrogens is 1. The summed E-state index contributed by atoms with van der Waals surface area (Å²) >= 11 is 3.44. The first-order valence-corrected chi connectivity index (χ1v) is 5.08. The summed E-state index contributed by atoms with van der Waals surface area (Å²) in [6, 6.07) is 9.93. The fourth-order valence-corrected chi connectivity index (χ4v) is 1.75. The average molecular weight is 252 g/mol. The second-order valence-electron chi connectivity index (χ2n) is 2.93. The third-order valence-corrected chi connectivity index (χ3v) is 2.54. The van der Waals surface area contributed by atoms with E-state index in [1.165, 1.54) is 0 Å². The number of ether oxygens (including phenoxy) is 1. The molecule has 0 radical (unpaired) electrons. The molecule has 1 N–H and O–H groups in total. The Morgan fingerprint density at radius 1 is 1.29 bits per heavy atom. The van der Waals surface area contributed by atoms with Crippen LogP contribution in [0, 0.1) is 0 Å². The Labute approximate surface area is 91.0 Å². The molecule has 0 bridgehead atoms. The van der Waals surface area contributed by atoms with Gasteiger partial charge in [-0.15, -0.1) is 0 Å². The summed E-state index contributed by atoms with van der Waals surface area (Å²) in [7, 11) is 1.68. The SMILES string of the molecule is COc1ccc(Br)cc1-c1ccc[nH]1. The number of halogens is 1. The summed E-state index contributed by atoms with van der Waals surface area (Å²) in [5.74, 6) is 0.871. The largest absolute Gasteiger partial charge is 0.496 e. The van der Waals surface area contributed by atoms with Gasteiger partial charge in [-0.25, -0.2) is 0 Å². The lowest BCUT2D eigenvalue weighted by molar-refractivity contribution is 0.416. The molecule has 2 aromatic rings. The molecule has 0 amide bonds. The van der Waals surface area contributed by atoms with E-state index in [1.807, 2.05) is 36.5 Å². The zero-order chi connectivity index (χ0) is 9.97. The lowest BCUT2D eigenvalue weighted by Crippen LogP contribution is -1.87. The number of rotatable bonds is 2. The summed E-state index contributed by atoms with van der Waals surface area (Å²) in [6.07, 6.45) is 1.90. The number of nitrogens with one attached hydrogen (secondary N) is 1. The van der Waals surface area contributed by atoms with Gasteiger partial charge in [0, 0.05) is 21.9 Å². The molecule has 2 rings (SSSR count). The molecule has 1 aromatic carbocycles. The van der Waals surface area contributed by atoms with E-state index in [2.05, 4.69) is 20.9 Å². The van der Waals surface area contributed by atoms with E-state index >= 15 is 0 Å². The Morgan fingerprint density at radius 2 is 2.14 bits per heavy atom. The van der Waals surface area contributed by atoms with Crippen molar-refractivity contribution in [3.05, 3.63) is 41.0 Å². The number of hydrogen-bond acceptors (Lipinski definition) is 1. The molecule has 0 spiro atoms. The van der Waals surface area contributed by atoms with Gasteiger partial charge in [0.2, 0.25) is 0 Å². The second-order valence-corrected chi connectivity index (χ2v) is 3.84. The van der Waals surface area contributed by atoms with Gasteiger partial charge in [0.15, 0.2) is 0 Å². The van der Waals surface area contributed by atoms with Gasteiger partial charge in [0.25, 0.3) is 0 Å². The standard InChI is InChI=1S/C11H10BrNO/c1-14-11-5-4-8(12)7-9(11)10-3-2-6-13-10/h2-7,13H,1H3. The number of H-pyrrole nitrogens is 1. The first-order chi connectivity index (χ1) is 6.81. The summed E-state index contributed by atoms with van der Waals surface area (Å²) in [4.78, 5) is 3.15. The Bertz CT molecular complexity index is 423. The molecule has 0 atom stereocenters. The lowest BCUT2D eigenvalue weighted by atomic mass is 10.1. The second kappa shape index (κ2) is 3.88. The van der Waals surface area contributed by atoms with E-state index in [4.69, 9.17) is 4.74 Å². The van der Waals surface area contributed by atoms with Crippen molar-refractivity contribution < 1.29 is 4.74 Å². The predicted octanol–water partition coefficient (Wildman–Crippen LogP) is 3.45. The van der Waals surface area contributed by atoms with Crippen molar-refractivity contribution >= 4 is 15.9 Å². The van der Waals surface area contributed by atoms with E-state index in [0.29, 0.717) is 0 Å². The molecule has 0 aliphatic heterocycles. The van der Waals surface area contributed by atoms with E-state index in [1.54, 1.807) is 7.11 Å². The monoisotopic (exact) mass is 251 g/mol. The molecule has 0 aliphatic rings. The van der Waals surface area contributed by atoms with Crippen LogP contribution in [-0.2, 0) is 0 Å². The zero-order valence-electron chi connectivity index (χ0n) is 7.75. The third-order valence-electron chi connectivity index (χ3n) is 2.05. The van der Waals surface area contributed by atoms with Gasteiger partial charge in [-0.1, -0.05) is 15.9 Å². The molecule has 2 nitrogen and oxygen atoms in total. The molecule has 0 saturated carbocycles. The molecule has 1 heterocycles. The van der Waals surface area contributed by atoms with Crippen LogP contribution in [-0.4, -0.2) is 12.1 Å². The Balaban J connectivity index is 2.55. The summed E-state index contributed by atoms with van der Waals surface area (Å²) < 4.78 is 6.33. The molecule has 0 unspecified atom stereocenters. The third kappa shape index (κ3) is 1.68. The predicted molar refractivity (Wildman–Crippen MR) is 60.5 cm³/mol. The van der Waals surface area contributed by atoms with Crippen LogP contribution in [0.3, 0.4) is 0 Å². The van der Waals surface area contributed by atoms with Crippen LogP contribution < -0.4 is 4.74 Å². The van der Waals surface area contributed by atoms with Crippen molar-refractivity contribution in [2.75, 3.05) is 7.11 Å². The first kappa shape index (κ1) is 9.34. The van der Waals surface area contributed by atoms with Crippen LogP contribution in [0.15, 0.2) is 41.0 Å². The number of benzene rings is 1. The van der Waals surface area contributed by atoms with Crippen LogP contribution in [0.2, 0.25) is 0 Å². The fraction of sp³-hybridized carbons (Fsp3) is 0.0909. The Hall–Kier alpha value is -1.22.